The van der Waals surface area contributed by atoms with Crippen LogP contribution in [0, 0.1) is 0 Å². The Labute approximate surface area is 169 Å². The Morgan fingerprint density at radius 3 is 2.31 bits per heavy atom. The Hall–Kier alpha value is -2.41. The molecule has 0 atom stereocenters. The summed E-state index contributed by atoms with van der Waals surface area (Å²) in [6, 6.07) is 18.3. The number of hydrazone groups is 1. The Bertz CT molecular complexity index is 806. The number of para-hydroxylation sites is 1. The molecule has 0 amide bonds. The summed E-state index contributed by atoms with van der Waals surface area (Å²) in [6.45, 7) is 1.99. The second-order valence-electron chi connectivity index (χ2n) is 5.57. The highest BCUT2D eigenvalue weighted by Gasteiger charge is 2.03. The molecule has 0 aliphatic heterocycles. The monoisotopic (exact) mass is 458 g/mol. The second-order valence-corrected chi connectivity index (χ2v) is 6.29. The van der Waals surface area contributed by atoms with Gasteiger partial charge in [0.25, 0.3) is 0 Å². The molecule has 0 saturated carbocycles. The molecule has 2 aromatic carbocycles. The van der Waals surface area contributed by atoms with Crippen LogP contribution in [0.1, 0.15) is 6.92 Å². The largest absolute Gasteiger partial charge is 0.356 e. The number of nitrogens with one attached hydrogen (secondary N) is 1. The fourth-order valence-electron chi connectivity index (χ4n) is 2.31. The smallest absolute Gasteiger partial charge is 0.0651 e. The van der Waals surface area contributed by atoms with Gasteiger partial charge in [0.05, 0.1) is 11.4 Å². The van der Waals surface area contributed by atoms with E-state index < -0.39 is 0 Å². The average molecular weight is 458 g/mol. The third-order valence-corrected chi connectivity index (χ3v) is 4.03. The summed E-state index contributed by atoms with van der Waals surface area (Å²) in [5.74, 6) is 0. The van der Waals surface area contributed by atoms with Gasteiger partial charge < -0.3 is 5.32 Å². The fourth-order valence-corrected chi connectivity index (χ4v) is 2.70. The number of hydrogen-bond acceptors (Lipinski definition) is 4. The molecule has 0 saturated heterocycles. The van der Waals surface area contributed by atoms with Crippen molar-refractivity contribution in [3.05, 3.63) is 76.4 Å². The highest BCUT2D eigenvalue weighted by atomic mass is 127. The van der Waals surface area contributed by atoms with Gasteiger partial charge in [0, 0.05) is 31.7 Å². The highest BCUT2D eigenvalue weighted by molar-refractivity contribution is 14.1. The van der Waals surface area contributed by atoms with Crippen molar-refractivity contribution in [3.8, 4) is 0 Å². The zero-order valence-electron chi connectivity index (χ0n) is 15.2. The van der Waals surface area contributed by atoms with Gasteiger partial charge in [0.2, 0.25) is 0 Å². The van der Waals surface area contributed by atoms with Crippen LogP contribution in [-0.2, 0) is 0 Å². The van der Waals surface area contributed by atoms with Gasteiger partial charge in [-0.2, -0.15) is 5.10 Å². The molecule has 5 heteroatoms. The Kier molecular flexibility index (Phi) is 8.08. The van der Waals surface area contributed by atoms with Crippen LogP contribution in [0.2, 0.25) is 0 Å². The fraction of sp³-hybridized carbons (Fsp3) is 0.143. The lowest BCUT2D eigenvalue weighted by molar-refractivity contribution is 1.01. The van der Waals surface area contributed by atoms with E-state index >= 15 is 0 Å². The van der Waals surface area contributed by atoms with Gasteiger partial charge in [-0.3, -0.25) is 10.0 Å². The first-order valence-corrected chi connectivity index (χ1v) is 9.49. The number of benzene rings is 2. The molecular weight excluding hydrogens is 435 g/mol. The quantitative estimate of drug-likeness (QED) is 0.246. The van der Waals surface area contributed by atoms with E-state index in [9.17, 15) is 0 Å². The number of allylic oxidation sites excluding steroid dienone is 3. The first-order valence-electron chi connectivity index (χ1n) is 8.24. The van der Waals surface area contributed by atoms with Gasteiger partial charge >= 0.3 is 0 Å². The number of halogens is 1. The summed E-state index contributed by atoms with van der Waals surface area (Å²) in [7, 11) is 3.70. The third-order valence-electron chi connectivity index (χ3n) is 3.67. The van der Waals surface area contributed by atoms with E-state index in [2.05, 4.69) is 50.1 Å². The van der Waals surface area contributed by atoms with Crippen LogP contribution in [0.5, 0.6) is 0 Å². The SMILES string of the molecule is CN=C/C=C(\C=C/I)C(/C)=N/N(C)c1ccc(Nc2ccccc2)cc1. The van der Waals surface area contributed by atoms with Crippen LogP contribution in [0.3, 0.4) is 0 Å². The molecule has 0 heterocycles. The summed E-state index contributed by atoms with van der Waals surface area (Å²) in [6.07, 6.45) is 5.74. The van der Waals surface area contributed by atoms with Crippen LogP contribution < -0.4 is 10.3 Å². The van der Waals surface area contributed by atoms with Crippen molar-refractivity contribution in [1.82, 2.24) is 0 Å². The molecule has 0 aromatic heterocycles. The van der Waals surface area contributed by atoms with Gasteiger partial charge in [-0.1, -0.05) is 40.8 Å². The molecule has 0 spiro atoms. The molecule has 0 aliphatic carbocycles. The van der Waals surface area contributed by atoms with Gasteiger partial charge in [-0.15, -0.1) is 0 Å². The molecule has 0 unspecified atom stereocenters. The van der Waals surface area contributed by atoms with Gasteiger partial charge in [-0.05, 0) is 65.1 Å². The summed E-state index contributed by atoms with van der Waals surface area (Å²) < 4.78 is 1.97. The number of aliphatic imine (C=N–C) groups is 1. The van der Waals surface area contributed by atoms with E-state index in [1.807, 2.05) is 77.7 Å². The number of anilines is 3. The summed E-state index contributed by atoms with van der Waals surface area (Å²) in [4.78, 5) is 4.01. The van der Waals surface area contributed by atoms with Crippen molar-refractivity contribution in [3.63, 3.8) is 0 Å². The number of nitrogens with zero attached hydrogens (tertiary/aromatic N) is 3. The predicted molar refractivity (Wildman–Crippen MR) is 123 cm³/mol. The topological polar surface area (TPSA) is 40.0 Å². The van der Waals surface area contributed by atoms with Crippen molar-refractivity contribution in [2.75, 3.05) is 24.4 Å². The Morgan fingerprint density at radius 2 is 1.69 bits per heavy atom. The van der Waals surface area contributed by atoms with Gasteiger partial charge in [-0.25, -0.2) is 0 Å². The zero-order chi connectivity index (χ0) is 18.8. The van der Waals surface area contributed by atoms with Crippen molar-refractivity contribution in [1.29, 1.82) is 0 Å². The third kappa shape index (κ3) is 6.15. The van der Waals surface area contributed by atoms with E-state index in [4.69, 9.17) is 0 Å². The first kappa shape index (κ1) is 19.9. The molecule has 0 radical (unpaired) electrons. The summed E-state index contributed by atoms with van der Waals surface area (Å²) >= 11 is 2.20. The van der Waals surface area contributed by atoms with E-state index in [0.29, 0.717) is 0 Å². The zero-order valence-corrected chi connectivity index (χ0v) is 17.4. The molecule has 0 fully saturated rings. The Balaban J connectivity index is 2.12. The normalized spacial score (nSPS) is 12.8. The van der Waals surface area contributed by atoms with Gasteiger partial charge in [0.15, 0.2) is 0 Å². The van der Waals surface area contributed by atoms with E-state index in [0.717, 1.165) is 28.3 Å². The van der Waals surface area contributed by atoms with Crippen molar-refractivity contribution >= 4 is 51.6 Å². The Morgan fingerprint density at radius 1 is 1.04 bits per heavy atom. The minimum atomic E-state index is 0.923. The minimum absolute atomic E-state index is 0.923. The summed E-state index contributed by atoms with van der Waals surface area (Å²) in [5, 5.41) is 9.93. The van der Waals surface area contributed by atoms with Crippen LogP contribution in [0.15, 0.2) is 86.5 Å². The standard InChI is InChI=1S/C21H23IN4/c1-17(18(13-15-22)14-16-23-2)25-26(3)21-11-9-20(10-12-21)24-19-7-5-4-6-8-19/h4-16,24H,1-3H3/b15-13-,18-14+,23-16?,25-17+. The summed E-state index contributed by atoms with van der Waals surface area (Å²) in [5.41, 5.74) is 5.08. The van der Waals surface area contributed by atoms with Crippen LogP contribution >= 0.6 is 22.6 Å². The maximum absolute atomic E-state index is 4.68. The van der Waals surface area contributed by atoms with E-state index in [1.54, 1.807) is 13.3 Å². The molecular formula is C21H23IN4. The predicted octanol–water partition coefficient (Wildman–Crippen LogP) is 5.82. The lowest BCUT2D eigenvalue weighted by Crippen LogP contribution is -2.12. The molecule has 2 rings (SSSR count). The van der Waals surface area contributed by atoms with Crippen LogP contribution in [0.4, 0.5) is 17.1 Å². The molecule has 1 N–H and O–H groups in total. The van der Waals surface area contributed by atoms with Crippen LogP contribution in [-0.4, -0.2) is 26.0 Å². The minimum Gasteiger partial charge on any atom is -0.356 e. The molecule has 26 heavy (non-hydrogen) atoms. The number of rotatable bonds is 7. The molecule has 2 aromatic rings. The van der Waals surface area contributed by atoms with E-state index in [1.165, 1.54) is 0 Å². The average Bonchev–Trinajstić information content (AvgIpc) is 2.66. The second kappa shape index (κ2) is 10.6. The lowest BCUT2D eigenvalue weighted by atomic mass is 10.1. The molecule has 134 valence electrons. The van der Waals surface area contributed by atoms with Crippen molar-refractivity contribution in [2.24, 2.45) is 10.1 Å². The van der Waals surface area contributed by atoms with E-state index in [-0.39, 0.29) is 0 Å². The van der Waals surface area contributed by atoms with Crippen molar-refractivity contribution in [2.45, 2.75) is 6.92 Å². The molecule has 0 aliphatic rings. The van der Waals surface area contributed by atoms with Crippen LogP contribution in [0.25, 0.3) is 0 Å². The molecule has 0 bridgehead atoms. The lowest BCUT2D eigenvalue weighted by Gasteiger charge is -2.16. The van der Waals surface area contributed by atoms with Gasteiger partial charge in [0.1, 0.15) is 0 Å². The van der Waals surface area contributed by atoms with Crippen molar-refractivity contribution < 1.29 is 0 Å². The number of hydrogen-bond donors (Lipinski definition) is 1. The highest BCUT2D eigenvalue weighted by Crippen LogP contribution is 2.21. The first-order chi connectivity index (χ1) is 12.6. The maximum atomic E-state index is 4.68. The molecule has 4 nitrogen and oxygen atoms in total. The maximum Gasteiger partial charge on any atom is 0.0651 e.